The molecule has 0 radical (unpaired) electrons. The highest BCUT2D eigenvalue weighted by atomic mass is 127. The highest BCUT2D eigenvalue weighted by molar-refractivity contribution is 14.1. The van der Waals surface area contributed by atoms with Crippen LogP contribution < -0.4 is 0 Å². The summed E-state index contributed by atoms with van der Waals surface area (Å²) in [5.74, 6) is -0.880. The van der Waals surface area contributed by atoms with Gasteiger partial charge in [0.2, 0.25) is 0 Å². The number of benzene rings is 1. The normalized spacial score (nSPS) is 10.7. The molecular formula is C9H5IO2S2. The quantitative estimate of drug-likeness (QED) is 0.618. The molecule has 0 bridgehead atoms. The summed E-state index contributed by atoms with van der Waals surface area (Å²) in [6.45, 7) is 0. The molecule has 72 valence electrons. The Hall–Kier alpha value is -0.270. The molecule has 1 heterocycles. The monoisotopic (exact) mass is 336 g/mol. The summed E-state index contributed by atoms with van der Waals surface area (Å²) in [4.78, 5) is 12.0. The second-order valence-electron chi connectivity index (χ2n) is 2.73. The van der Waals surface area contributed by atoms with Crippen LogP contribution in [0.15, 0.2) is 23.1 Å². The molecule has 0 aliphatic rings. The summed E-state index contributed by atoms with van der Waals surface area (Å²) in [6, 6.07) is 5.52. The van der Waals surface area contributed by atoms with Crippen molar-refractivity contribution in [1.82, 2.24) is 0 Å². The molecule has 0 aliphatic heterocycles. The fourth-order valence-electron chi connectivity index (χ4n) is 1.18. The first-order valence-corrected chi connectivity index (χ1v) is 6.08. The van der Waals surface area contributed by atoms with E-state index in [0.717, 1.165) is 18.6 Å². The molecule has 0 amide bonds. The van der Waals surface area contributed by atoms with Crippen molar-refractivity contribution in [3.63, 3.8) is 0 Å². The number of carbonyl (C=O) groups is 1. The molecule has 0 atom stereocenters. The van der Waals surface area contributed by atoms with E-state index >= 15 is 0 Å². The molecule has 2 nitrogen and oxygen atoms in total. The predicted molar refractivity (Wildman–Crippen MR) is 68.8 cm³/mol. The smallest absolute Gasteiger partial charge is 0.345 e. The third-order valence-corrected chi connectivity index (χ3v) is 4.44. The molecule has 14 heavy (non-hydrogen) atoms. The zero-order valence-electron chi connectivity index (χ0n) is 6.82. The molecule has 0 saturated heterocycles. The average molecular weight is 336 g/mol. The lowest BCUT2D eigenvalue weighted by Crippen LogP contribution is -1.89. The number of halogens is 1. The fourth-order valence-corrected chi connectivity index (χ4v) is 3.24. The molecule has 1 N–H and O–H groups in total. The fraction of sp³-hybridized carbons (Fsp3) is 0. The molecule has 0 saturated carbocycles. The van der Waals surface area contributed by atoms with Crippen LogP contribution in [0.4, 0.5) is 0 Å². The minimum atomic E-state index is -0.880. The van der Waals surface area contributed by atoms with Crippen LogP contribution in [0.2, 0.25) is 0 Å². The van der Waals surface area contributed by atoms with Crippen LogP contribution in [0.5, 0.6) is 0 Å². The summed E-state index contributed by atoms with van der Waals surface area (Å²) in [5, 5.41) is 9.82. The summed E-state index contributed by atoms with van der Waals surface area (Å²) in [6.07, 6.45) is 0. The zero-order valence-corrected chi connectivity index (χ0v) is 10.7. The maximum atomic E-state index is 10.8. The van der Waals surface area contributed by atoms with Crippen LogP contribution in [-0.2, 0) is 0 Å². The lowest BCUT2D eigenvalue weighted by molar-refractivity contribution is 0.0702. The SMILES string of the molecule is O=C(O)c1cc2c(I)ccc(S)c2s1. The van der Waals surface area contributed by atoms with Crippen LogP contribution in [0.25, 0.3) is 10.1 Å². The van der Waals surface area contributed by atoms with E-state index in [2.05, 4.69) is 35.2 Å². The van der Waals surface area contributed by atoms with Gasteiger partial charge in [0.15, 0.2) is 0 Å². The summed E-state index contributed by atoms with van der Waals surface area (Å²) >= 11 is 7.75. The van der Waals surface area contributed by atoms with E-state index in [4.69, 9.17) is 5.11 Å². The van der Waals surface area contributed by atoms with E-state index in [1.165, 1.54) is 11.3 Å². The summed E-state index contributed by atoms with van der Waals surface area (Å²) < 4.78 is 2.00. The molecule has 2 rings (SSSR count). The number of thiophene rings is 1. The molecule has 0 unspecified atom stereocenters. The number of fused-ring (bicyclic) bond motifs is 1. The van der Waals surface area contributed by atoms with Crippen LogP contribution in [0.3, 0.4) is 0 Å². The first-order chi connectivity index (χ1) is 6.59. The van der Waals surface area contributed by atoms with Gasteiger partial charge >= 0.3 is 5.97 Å². The second-order valence-corrected chi connectivity index (χ2v) is 5.42. The van der Waals surface area contributed by atoms with Crippen molar-refractivity contribution in [2.75, 3.05) is 0 Å². The highest BCUT2D eigenvalue weighted by Crippen LogP contribution is 2.33. The van der Waals surface area contributed by atoms with Crippen LogP contribution >= 0.6 is 46.6 Å². The first-order valence-electron chi connectivity index (χ1n) is 3.74. The van der Waals surface area contributed by atoms with E-state index in [0.29, 0.717) is 4.88 Å². The number of hydrogen-bond acceptors (Lipinski definition) is 3. The largest absolute Gasteiger partial charge is 0.477 e. The lowest BCUT2D eigenvalue weighted by Gasteiger charge is -1.95. The van der Waals surface area contributed by atoms with Gasteiger partial charge in [-0.1, -0.05) is 0 Å². The molecule has 2 aromatic rings. The van der Waals surface area contributed by atoms with Gasteiger partial charge in [-0.25, -0.2) is 4.79 Å². The maximum Gasteiger partial charge on any atom is 0.345 e. The standard InChI is InChI=1S/C9H5IO2S2/c10-5-1-2-6(13)8-4(5)3-7(14-8)9(11)12/h1-3,13H,(H,11,12). The molecule has 0 spiro atoms. The Bertz CT molecular complexity index is 480. The van der Waals surface area contributed by atoms with Gasteiger partial charge in [0.1, 0.15) is 4.88 Å². The maximum absolute atomic E-state index is 10.8. The Morgan fingerprint density at radius 3 is 2.79 bits per heavy atom. The third kappa shape index (κ3) is 1.64. The Balaban J connectivity index is 2.82. The van der Waals surface area contributed by atoms with E-state index in [1.54, 1.807) is 6.07 Å². The topological polar surface area (TPSA) is 37.3 Å². The number of carboxylic acid groups (broad SMARTS) is 1. The van der Waals surface area contributed by atoms with Gasteiger partial charge in [-0.3, -0.25) is 0 Å². The number of rotatable bonds is 1. The van der Waals surface area contributed by atoms with E-state index in [-0.39, 0.29) is 0 Å². The van der Waals surface area contributed by atoms with E-state index < -0.39 is 5.97 Å². The van der Waals surface area contributed by atoms with Crippen molar-refractivity contribution in [2.45, 2.75) is 4.90 Å². The molecule has 0 fully saturated rings. The first kappa shape index (κ1) is 10.3. The Morgan fingerprint density at radius 1 is 1.50 bits per heavy atom. The Kier molecular flexibility index (Phi) is 2.72. The van der Waals surface area contributed by atoms with Crippen molar-refractivity contribution in [2.24, 2.45) is 0 Å². The number of carboxylic acids is 1. The van der Waals surface area contributed by atoms with E-state index in [9.17, 15) is 4.79 Å². The van der Waals surface area contributed by atoms with Crippen molar-refractivity contribution in [3.05, 3.63) is 26.6 Å². The minimum Gasteiger partial charge on any atom is -0.477 e. The van der Waals surface area contributed by atoms with Crippen molar-refractivity contribution in [3.8, 4) is 0 Å². The molecule has 1 aromatic heterocycles. The molecule has 1 aromatic carbocycles. The van der Waals surface area contributed by atoms with Crippen LogP contribution in [0, 0.1) is 3.57 Å². The molecule has 0 aliphatic carbocycles. The molecule has 5 heteroatoms. The van der Waals surface area contributed by atoms with Gasteiger partial charge in [0.05, 0.1) is 0 Å². The summed E-state index contributed by atoms with van der Waals surface area (Å²) in [5.41, 5.74) is 0. The van der Waals surface area contributed by atoms with Crippen LogP contribution in [0.1, 0.15) is 9.67 Å². The minimum absolute atomic E-state index is 0.361. The highest BCUT2D eigenvalue weighted by Gasteiger charge is 2.11. The van der Waals surface area contributed by atoms with Crippen molar-refractivity contribution in [1.29, 1.82) is 0 Å². The van der Waals surface area contributed by atoms with Gasteiger partial charge in [-0.15, -0.1) is 24.0 Å². The number of thiol groups is 1. The second kappa shape index (κ2) is 3.71. The van der Waals surface area contributed by atoms with Gasteiger partial charge < -0.3 is 5.11 Å². The number of hydrogen-bond donors (Lipinski definition) is 2. The summed E-state index contributed by atoms with van der Waals surface area (Å²) in [7, 11) is 0. The van der Waals surface area contributed by atoms with E-state index in [1.807, 2.05) is 12.1 Å². The zero-order chi connectivity index (χ0) is 10.3. The Labute approximate surface area is 103 Å². The van der Waals surface area contributed by atoms with Gasteiger partial charge in [-0.2, -0.15) is 0 Å². The van der Waals surface area contributed by atoms with Crippen molar-refractivity contribution < 1.29 is 9.90 Å². The Morgan fingerprint density at radius 2 is 2.21 bits per heavy atom. The molecular weight excluding hydrogens is 331 g/mol. The van der Waals surface area contributed by atoms with Crippen molar-refractivity contribution >= 4 is 62.6 Å². The van der Waals surface area contributed by atoms with Gasteiger partial charge in [0.25, 0.3) is 0 Å². The lowest BCUT2D eigenvalue weighted by atomic mass is 10.2. The number of aromatic carboxylic acids is 1. The average Bonchev–Trinajstić information content (AvgIpc) is 2.57. The van der Waals surface area contributed by atoms with Gasteiger partial charge in [0, 0.05) is 18.6 Å². The van der Waals surface area contributed by atoms with Crippen LogP contribution in [-0.4, -0.2) is 11.1 Å². The third-order valence-electron chi connectivity index (χ3n) is 1.82. The predicted octanol–water partition coefficient (Wildman–Crippen LogP) is 3.49. The van der Waals surface area contributed by atoms with Gasteiger partial charge in [-0.05, 0) is 40.8 Å².